The molecule has 0 aliphatic carbocycles. The van der Waals surface area contributed by atoms with E-state index in [0.717, 1.165) is 37.5 Å². The average Bonchev–Trinajstić information content (AvgIpc) is 2.56. The van der Waals surface area contributed by atoms with Crippen LogP contribution in [0.2, 0.25) is 0 Å². The van der Waals surface area contributed by atoms with Crippen molar-refractivity contribution in [3.63, 3.8) is 0 Å². The molecular formula is C19H12BrNO. The Morgan fingerprint density at radius 2 is 1.23 bits per heavy atom. The van der Waals surface area contributed by atoms with E-state index in [9.17, 15) is 0 Å². The van der Waals surface area contributed by atoms with Gasteiger partial charge < -0.3 is 4.42 Å². The summed E-state index contributed by atoms with van der Waals surface area (Å²) in [5.41, 5.74) is 2.59. The van der Waals surface area contributed by atoms with Crippen LogP contribution in [0.3, 0.4) is 0 Å². The lowest BCUT2D eigenvalue weighted by atomic mass is 10.1. The van der Waals surface area contributed by atoms with E-state index in [2.05, 4.69) is 15.9 Å². The molecular weight excluding hydrogens is 338 g/mol. The van der Waals surface area contributed by atoms with E-state index in [-0.39, 0.29) is 0 Å². The molecule has 0 spiro atoms. The normalized spacial score (nSPS) is 11.0. The maximum Gasteiger partial charge on any atom is 0.136 e. The third-order valence-corrected chi connectivity index (χ3v) is 4.26. The second-order valence-electron chi connectivity index (χ2n) is 5.01. The van der Waals surface area contributed by atoms with Crippen molar-refractivity contribution < 1.29 is 4.42 Å². The summed E-state index contributed by atoms with van der Waals surface area (Å²) in [6, 6.07) is 24.0. The van der Waals surface area contributed by atoms with Gasteiger partial charge in [0.2, 0.25) is 0 Å². The number of para-hydroxylation sites is 3. The van der Waals surface area contributed by atoms with Crippen LogP contribution in [-0.4, -0.2) is 0 Å². The Bertz CT molecular complexity index is 993. The Hall–Kier alpha value is -2.39. The second kappa shape index (κ2) is 5.43. The minimum absolute atomic E-state index is 0.840. The maximum absolute atomic E-state index is 5.98. The van der Waals surface area contributed by atoms with E-state index < -0.39 is 0 Å². The van der Waals surface area contributed by atoms with Gasteiger partial charge in [-0.1, -0.05) is 36.4 Å². The number of hydrogen-bond acceptors (Lipinski definition) is 2. The largest absolute Gasteiger partial charge is 0.456 e. The topological polar surface area (TPSA) is 25.5 Å². The van der Waals surface area contributed by atoms with Crippen LogP contribution >= 0.6 is 15.9 Å². The summed E-state index contributed by atoms with van der Waals surface area (Å²) in [4.78, 5) is 4.89. The third-order valence-electron chi connectivity index (χ3n) is 3.59. The van der Waals surface area contributed by atoms with Crippen LogP contribution in [-0.2, 0) is 0 Å². The molecule has 0 amide bonds. The van der Waals surface area contributed by atoms with Gasteiger partial charge in [0.25, 0.3) is 0 Å². The average molecular weight is 350 g/mol. The maximum atomic E-state index is 5.98. The number of benzene rings is 3. The van der Waals surface area contributed by atoms with Crippen LogP contribution in [0.1, 0.15) is 0 Å². The molecule has 3 heteroatoms. The molecule has 4 rings (SSSR count). The Morgan fingerprint density at radius 1 is 0.682 bits per heavy atom. The molecule has 2 nitrogen and oxygen atoms in total. The lowest BCUT2D eigenvalue weighted by molar-refractivity contribution is 0.659. The lowest BCUT2D eigenvalue weighted by Crippen LogP contribution is -2.04. The summed E-state index contributed by atoms with van der Waals surface area (Å²) >= 11 is 3.56. The molecule has 0 bridgehead atoms. The van der Waals surface area contributed by atoms with Gasteiger partial charge in [-0.15, -0.1) is 0 Å². The van der Waals surface area contributed by atoms with Gasteiger partial charge in [0, 0.05) is 15.2 Å². The fourth-order valence-electron chi connectivity index (χ4n) is 2.55. The Balaban J connectivity index is 2.20. The second-order valence-corrected chi connectivity index (χ2v) is 5.86. The molecule has 1 aromatic heterocycles. The first-order valence-corrected chi connectivity index (χ1v) is 7.82. The molecule has 3 aromatic carbocycles. The van der Waals surface area contributed by atoms with Crippen molar-refractivity contribution in [1.82, 2.24) is 0 Å². The first-order chi connectivity index (χ1) is 10.8. The number of rotatable bonds is 1. The van der Waals surface area contributed by atoms with Crippen molar-refractivity contribution in [2.24, 2.45) is 4.99 Å². The Morgan fingerprint density at radius 3 is 1.86 bits per heavy atom. The van der Waals surface area contributed by atoms with E-state index in [0.29, 0.717) is 0 Å². The van der Waals surface area contributed by atoms with Crippen LogP contribution in [0.15, 0.2) is 86.7 Å². The predicted molar refractivity (Wildman–Crippen MR) is 93.1 cm³/mol. The van der Waals surface area contributed by atoms with Crippen molar-refractivity contribution in [2.75, 3.05) is 0 Å². The van der Waals surface area contributed by atoms with Crippen LogP contribution < -0.4 is 5.36 Å². The van der Waals surface area contributed by atoms with Gasteiger partial charge in [0.1, 0.15) is 11.2 Å². The molecule has 22 heavy (non-hydrogen) atoms. The van der Waals surface area contributed by atoms with Crippen LogP contribution in [0.4, 0.5) is 5.69 Å². The van der Waals surface area contributed by atoms with Gasteiger partial charge in [0.15, 0.2) is 0 Å². The Labute approximate surface area is 135 Å². The van der Waals surface area contributed by atoms with Gasteiger partial charge in [-0.2, -0.15) is 0 Å². The zero-order valence-electron chi connectivity index (χ0n) is 11.7. The molecule has 4 aromatic rings. The van der Waals surface area contributed by atoms with Gasteiger partial charge in [-0.3, -0.25) is 0 Å². The highest BCUT2D eigenvalue weighted by Crippen LogP contribution is 2.25. The SMILES string of the molecule is Brc1ccccc1N=c1c2ccccc2oc2ccccc12. The molecule has 0 saturated heterocycles. The zero-order chi connectivity index (χ0) is 14.9. The zero-order valence-corrected chi connectivity index (χ0v) is 13.2. The highest BCUT2D eigenvalue weighted by atomic mass is 79.9. The predicted octanol–water partition coefficient (Wildman–Crippen LogP) is 5.58. The van der Waals surface area contributed by atoms with Gasteiger partial charge >= 0.3 is 0 Å². The molecule has 0 N–H and O–H groups in total. The highest BCUT2D eigenvalue weighted by molar-refractivity contribution is 9.10. The standard InChI is InChI=1S/C19H12BrNO/c20-15-9-3-4-10-16(15)21-19-13-7-1-5-11-17(13)22-18-12-6-2-8-14(18)19/h1-12H. The molecule has 0 saturated carbocycles. The molecule has 0 aliphatic rings. The van der Waals surface area contributed by atoms with Crippen molar-refractivity contribution in [3.8, 4) is 0 Å². The smallest absolute Gasteiger partial charge is 0.136 e. The first kappa shape index (κ1) is 13.3. The minimum Gasteiger partial charge on any atom is -0.456 e. The fourth-order valence-corrected chi connectivity index (χ4v) is 2.92. The summed E-state index contributed by atoms with van der Waals surface area (Å²) in [7, 11) is 0. The summed E-state index contributed by atoms with van der Waals surface area (Å²) in [5, 5.41) is 2.96. The highest BCUT2D eigenvalue weighted by Gasteiger charge is 2.06. The molecule has 0 aliphatic heterocycles. The van der Waals surface area contributed by atoms with Gasteiger partial charge in [-0.25, -0.2) is 4.99 Å². The van der Waals surface area contributed by atoms with Gasteiger partial charge in [0.05, 0.1) is 11.0 Å². The van der Waals surface area contributed by atoms with Crippen LogP contribution in [0, 0.1) is 0 Å². The fraction of sp³-hybridized carbons (Fsp3) is 0. The number of halogens is 1. The van der Waals surface area contributed by atoms with E-state index in [1.54, 1.807) is 0 Å². The van der Waals surface area contributed by atoms with Crippen molar-refractivity contribution >= 4 is 43.6 Å². The lowest BCUT2D eigenvalue weighted by Gasteiger charge is -2.04. The molecule has 1 heterocycles. The van der Waals surface area contributed by atoms with Crippen LogP contribution in [0.5, 0.6) is 0 Å². The van der Waals surface area contributed by atoms with Crippen molar-refractivity contribution in [3.05, 3.63) is 82.6 Å². The third kappa shape index (κ3) is 2.24. The molecule has 0 unspecified atom stereocenters. The molecule has 106 valence electrons. The molecule has 0 atom stereocenters. The van der Waals surface area contributed by atoms with E-state index in [1.165, 1.54) is 0 Å². The number of fused-ring (bicyclic) bond motifs is 2. The van der Waals surface area contributed by atoms with Crippen molar-refractivity contribution in [1.29, 1.82) is 0 Å². The van der Waals surface area contributed by atoms with Crippen molar-refractivity contribution in [2.45, 2.75) is 0 Å². The van der Waals surface area contributed by atoms with Crippen LogP contribution in [0.25, 0.3) is 21.9 Å². The molecule has 0 fully saturated rings. The Kier molecular flexibility index (Phi) is 3.28. The number of nitrogens with zero attached hydrogens (tertiary/aromatic N) is 1. The van der Waals surface area contributed by atoms with E-state index in [4.69, 9.17) is 9.41 Å². The summed E-state index contributed by atoms with van der Waals surface area (Å²) in [6.07, 6.45) is 0. The summed E-state index contributed by atoms with van der Waals surface area (Å²) in [5.74, 6) is 0. The summed E-state index contributed by atoms with van der Waals surface area (Å²) < 4.78 is 6.96. The monoisotopic (exact) mass is 349 g/mol. The minimum atomic E-state index is 0.840. The van der Waals surface area contributed by atoms with E-state index >= 15 is 0 Å². The van der Waals surface area contributed by atoms with Gasteiger partial charge in [-0.05, 0) is 52.3 Å². The first-order valence-electron chi connectivity index (χ1n) is 7.03. The number of hydrogen-bond donors (Lipinski definition) is 0. The quantitative estimate of drug-likeness (QED) is 0.412. The molecule has 0 radical (unpaired) electrons. The van der Waals surface area contributed by atoms with E-state index in [1.807, 2.05) is 72.8 Å². The summed E-state index contributed by atoms with van der Waals surface area (Å²) in [6.45, 7) is 0.